The molecule has 5 atom stereocenters. The van der Waals surface area contributed by atoms with E-state index in [2.05, 4.69) is 48.7 Å². The molecule has 1 saturated heterocycles. The van der Waals surface area contributed by atoms with Gasteiger partial charge in [0, 0.05) is 23.8 Å². The van der Waals surface area contributed by atoms with Crippen molar-refractivity contribution in [3.63, 3.8) is 0 Å². The van der Waals surface area contributed by atoms with Crippen molar-refractivity contribution < 1.29 is 37.5 Å². The molecule has 4 aromatic carbocycles. The monoisotopic (exact) mass is 903 g/mol. The maximum absolute atomic E-state index is 14.1. The number of carbonyl (C=O) groups is 1. The number of nitrogens with zero attached hydrogens (tertiary/aromatic N) is 4. The van der Waals surface area contributed by atoms with E-state index in [4.69, 9.17) is 32.7 Å². The Morgan fingerprint density at radius 2 is 1.43 bits per heavy atom. The number of nitriles is 1. The number of rotatable bonds is 22. The third kappa shape index (κ3) is 11.3. The molecular weight excluding hydrogens is 846 g/mol. The first kappa shape index (κ1) is 47.5. The molecule has 1 saturated carbocycles. The molecule has 2 aliphatic rings. The van der Waals surface area contributed by atoms with Crippen molar-refractivity contribution in [1.82, 2.24) is 14.2 Å². The van der Waals surface area contributed by atoms with Crippen LogP contribution in [0, 0.1) is 17.2 Å². The molecule has 2 fully saturated rings. The normalized spacial score (nSPS) is 19.0. The van der Waals surface area contributed by atoms with Crippen LogP contribution in [0.1, 0.15) is 80.2 Å². The molecule has 65 heavy (non-hydrogen) atoms. The van der Waals surface area contributed by atoms with Gasteiger partial charge in [-0.3, -0.25) is 9.36 Å². The predicted molar refractivity (Wildman–Crippen MR) is 248 cm³/mol. The lowest BCUT2D eigenvalue weighted by molar-refractivity contribution is -0.0980. The summed E-state index contributed by atoms with van der Waals surface area (Å²) in [5.74, 6) is 1.41. The molecule has 1 amide bonds. The van der Waals surface area contributed by atoms with Gasteiger partial charge in [0.25, 0.3) is 14.4 Å². The molecule has 1 aliphatic heterocycles. The molecule has 0 spiro atoms. The van der Waals surface area contributed by atoms with Gasteiger partial charge < -0.3 is 38.0 Å². The van der Waals surface area contributed by atoms with Crippen LogP contribution in [-0.2, 0) is 28.9 Å². The van der Waals surface area contributed by atoms with Crippen molar-refractivity contribution >= 4 is 20.3 Å². The van der Waals surface area contributed by atoms with Crippen LogP contribution in [0.5, 0.6) is 11.5 Å². The van der Waals surface area contributed by atoms with Gasteiger partial charge in [-0.05, 0) is 106 Å². The van der Waals surface area contributed by atoms with Crippen molar-refractivity contribution in [2.24, 2.45) is 5.92 Å². The highest BCUT2D eigenvalue weighted by Crippen LogP contribution is 2.51. The zero-order valence-corrected chi connectivity index (χ0v) is 38.6. The SMILES string of the molecule is COc1ccc(C(OC[C@H]2O[C@@H](n3ccc(NC(=O)c4ccccc4)nc3=O)[C@H](OCC3CC3)[C@@H]2OP(OCCC#N)N(C(C)C)C(C)C)(c2ccccc2)c2ccc(OC)cc2)cc1. The number of hydrogen-bond acceptors (Lipinski definition) is 12. The first-order valence-corrected chi connectivity index (χ1v) is 23.2. The minimum absolute atomic E-state index is 0.00295. The first-order chi connectivity index (χ1) is 31.6. The molecule has 342 valence electrons. The highest BCUT2D eigenvalue weighted by molar-refractivity contribution is 7.44. The van der Waals surface area contributed by atoms with Crippen molar-refractivity contribution in [1.29, 1.82) is 5.26 Å². The minimum Gasteiger partial charge on any atom is -0.497 e. The zero-order valence-electron chi connectivity index (χ0n) is 37.7. The number of amides is 1. The number of methoxy groups -OCH3 is 2. The molecule has 7 rings (SSSR count). The second kappa shape index (κ2) is 22.1. The average molecular weight is 904 g/mol. The summed E-state index contributed by atoms with van der Waals surface area (Å²) in [4.78, 5) is 31.5. The summed E-state index contributed by atoms with van der Waals surface area (Å²) in [6, 6.07) is 38.0. The van der Waals surface area contributed by atoms with E-state index in [9.17, 15) is 14.9 Å². The topological polar surface area (TPSA) is 156 Å². The number of hydrogen-bond donors (Lipinski definition) is 1. The van der Waals surface area contributed by atoms with Crippen molar-refractivity contribution in [2.75, 3.05) is 39.4 Å². The molecule has 0 bridgehead atoms. The standard InChI is InChI=1S/C50H58N5O9P/c1-34(2)55(35(3)4)65(62-31-13-29-51)64-45-43(33-61-50(38-16-11-8-12-17-38,39-20-24-41(58-5)25-21-39)40-22-26-42(59-6)27-23-40)63-48(46(45)60-32-36-18-19-36)54-30-28-44(53-49(54)57)52-47(56)37-14-9-7-10-15-37/h7-12,14-17,20-28,30,34-36,43,45-46,48H,13,18-19,31-33H2,1-6H3,(H,52,53,56,57)/t43-,45-,46-,48-,65?/m1/s1. The lowest BCUT2D eigenvalue weighted by Crippen LogP contribution is -2.43. The van der Waals surface area contributed by atoms with Crippen molar-refractivity contribution in [3.8, 4) is 17.6 Å². The Morgan fingerprint density at radius 1 is 0.846 bits per heavy atom. The fourth-order valence-corrected chi connectivity index (χ4v) is 9.81. The van der Waals surface area contributed by atoms with Crippen LogP contribution >= 0.6 is 8.53 Å². The summed E-state index contributed by atoms with van der Waals surface area (Å²) < 4.78 is 49.5. The van der Waals surface area contributed by atoms with Gasteiger partial charge in [-0.15, -0.1) is 0 Å². The van der Waals surface area contributed by atoms with Gasteiger partial charge >= 0.3 is 5.69 Å². The molecule has 5 aromatic rings. The number of carbonyl (C=O) groups excluding carboxylic acids is 1. The molecule has 1 aliphatic carbocycles. The van der Waals surface area contributed by atoms with Gasteiger partial charge in [0.05, 0.1) is 46.5 Å². The zero-order chi connectivity index (χ0) is 45.9. The van der Waals surface area contributed by atoms with E-state index in [1.807, 2.05) is 84.9 Å². The number of ether oxygens (including phenoxy) is 5. The Kier molecular flexibility index (Phi) is 16.2. The molecule has 2 heterocycles. The summed E-state index contributed by atoms with van der Waals surface area (Å²) in [5, 5.41) is 12.3. The summed E-state index contributed by atoms with van der Waals surface area (Å²) >= 11 is 0. The van der Waals surface area contributed by atoms with Crippen LogP contribution in [0.2, 0.25) is 0 Å². The predicted octanol–water partition coefficient (Wildman–Crippen LogP) is 8.88. The maximum atomic E-state index is 14.1. The largest absolute Gasteiger partial charge is 0.497 e. The van der Waals surface area contributed by atoms with Crippen LogP contribution in [0.4, 0.5) is 5.82 Å². The Morgan fingerprint density at radius 3 is 1.97 bits per heavy atom. The smallest absolute Gasteiger partial charge is 0.351 e. The molecule has 1 aromatic heterocycles. The maximum Gasteiger partial charge on any atom is 0.351 e. The Balaban J connectivity index is 1.33. The quantitative estimate of drug-likeness (QED) is 0.0401. The van der Waals surface area contributed by atoms with E-state index in [0.29, 0.717) is 29.6 Å². The second-order valence-corrected chi connectivity index (χ2v) is 18.0. The van der Waals surface area contributed by atoms with E-state index in [1.165, 1.54) is 4.57 Å². The van der Waals surface area contributed by atoms with Crippen molar-refractivity contribution in [3.05, 3.63) is 154 Å². The third-order valence-corrected chi connectivity index (χ3v) is 13.5. The molecular formula is C50H58N5O9P. The number of aromatic nitrogens is 2. The highest BCUT2D eigenvalue weighted by Gasteiger charge is 2.52. The highest BCUT2D eigenvalue weighted by atomic mass is 31.2. The Bertz CT molecular complexity index is 2340. The molecule has 0 radical (unpaired) electrons. The fraction of sp³-hybridized carbons (Fsp3) is 0.400. The van der Waals surface area contributed by atoms with Crippen molar-refractivity contribution in [2.45, 2.75) is 89.2 Å². The second-order valence-electron chi connectivity index (χ2n) is 16.6. The molecule has 15 heteroatoms. The van der Waals surface area contributed by atoms with Gasteiger partial charge in [0.1, 0.15) is 41.2 Å². The lowest BCUT2D eigenvalue weighted by atomic mass is 9.80. The van der Waals surface area contributed by atoms with Gasteiger partial charge in [-0.25, -0.2) is 9.46 Å². The minimum atomic E-state index is -1.82. The van der Waals surface area contributed by atoms with Gasteiger partial charge in [-0.1, -0.05) is 72.8 Å². The average Bonchev–Trinajstić information content (AvgIpc) is 4.10. The van der Waals surface area contributed by atoms with E-state index in [-0.39, 0.29) is 37.5 Å². The molecule has 14 nitrogen and oxygen atoms in total. The lowest BCUT2D eigenvalue weighted by Gasteiger charge is -2.39. The van der Waals surface area contributed by atoms with E-state index >= 15 is 0 Å². The summed E-state index contributed by atoms with van der Waals surface area (Å²) in [7, 11) is 1.44. The van der Waals surface area contributed by atoms with Gasteiger partial charge in [0.15, 0.2) is 6.23 Å². The third-order valence-electron chi connectivity index (χ3n) is 11.4. The summed E-state index contributed by atoms with van der Waals surface area (Å²) in [5.41, 5.74) is 1.06. The van der Waals surface area contributed by atoms with Gasteiger partial charge in [0.2, 0.25) is 0 Å². The van der Waals surface area contributed by atoms with Gasteiger partial charge in [-0.2, -0.15) is 10.2 Å². The summed E-state index contributed by atoms with van der Waals surface area (Å²) in [6.45, 7) is 8.81. The Hall–Kier alpha value is -5.49. The van der Waals surface area contributed by atoms with E-state index < -0.39 is 50.3 Å². The first-order valence-electron chi connectivity index (χ1n) is 22.0. The number of anilines is 1. The number of benzene rings is 4. The van der Waals surface area contributed by atoms with Crippen LogP contribution in [0.15, 0.2) is 126 Å². The molecule has 1 unspecified atom stereocenters. The van der Waals surface area contributed by atoms with Crippen LogP contribution in [0.25, 0.3) is 0 Å². The van der Waals surface area contributed by atoms with E-state index in [1.54, 1.807) is 50.7 Å². The van der Waals surface area contributed by atoms with Crippen LogP contribution in [-0.4, -0.2) is 84.6 Å². The van der Waals surface area contributed by atoms with Crippen LogP contribution < -0.4 is 20.5 Å². The summed E-state index contributed by atoms with van der Waals surface area (Å²) in [6.07, 6.45) is 0.203. The van der Waals surface area contributed by atoms with Crippen LogP contribution in [0.3, 0.4) is 0 Å². The Labute approximate surface area is 382 Å². The number of nitrogens with one attached hydrogen (secondary N) is 1. The fourth-order valence-electron chi connectivity index (χ4n) is 8.04. The van der Waals surface area contributed by atoms with E-state index in [0.717, 1.165) is 29.5 Å². The molecule has 1 N–H and O–H groups in total.